The van der Waals surface area contributed by atoms with E-state index in [0.29, 0.717) is 0 Å². The summed E-state index contributed by atoms with van der Waals surface area (Å²) in [6.07, 6.45) is 0.178. The molecule has 0 spiro atoms. The van der Waals surface area contributed by atoms with E-state index in [1.165, 1.54) is 0 Å². The predicted molar refractivity (Wildman–Crippen MR) is 58.1 cm³/mol. The molecule has 0 saturated carbocycles. The summed E-state index contributed by atoms with van der Waals surface area (Å²) in [5.74, 6) is -2.06. The van der Waals surface area contributed by atoms with Gasteiger partial charge in [0.15, 0.2) is 0 Å². The van der Waals surface area contributed by atoms with Gasteiger partial charge in [0, 0.05) is 19.3 Å². The van der Waals surface area contributed by atoms with Crippen LogP contribution in [0.3, 0.4) is 0 Å². The third-order valence-electron chi connectivity index (χ3n) is 1.40. The van der Waals surface area contributed by atoms with Gasteiger partial charge in [-0.05, 0) is 0 Å². The van der Waals surface area contributed by atoms with Crippen molar-refractivity contribution in [1.29, 1.82) is 0 Å². The van der Waals surface area contributed by atoms with Gasteiger partial charge in [-0.3, -0.25) is 14.4 Å². The number of carbonyl (C=O) groups is 3. The monoisotopic (exact) mass is 257 g/mol. The molecule has 7 nitrogen and oxygen atoms in total. The predicted octanol–water partition coefficient (Wildman–Crippen LogP) is 0.244. The van der Waals surface area contributed by atoms with E-state index in [4.69, 9.17) is 0 Å². The number of rotatable bonds is 6. The molecule has 0 unspecified atom stereocenters. The Bertz CT molecular complexity index is 227. The molecule has 0 aromatic carbocycles. The second-order valence-corrected chi connectivity index (χ2v) is 2.67. The summed E-state index contributed by atoms with van der Waals surface area (Å²) in [7, 11) is 0. The van der Waals surface area contributed by atoms with Crippen LogP contribution in [0, 0.1) is 0 Å². The van der Waals surface area contributed by atoms with Crippen molar-refractivity contribution in [3.05, 3.63) is 0 Å². The van der Waals surface area contributed by atoms with Crippen LogP contribution in [0.1, 0.15) is 40.0 Å². The van der Waals surface area contributed by atoms with Crippen LogP contribution in [-0.2, 0) is 28.9 Å². The minimum absolute atomic E-state index is 0. The molecule has 0 bridgehead atoms. The van der Waals surface area contributed by atoms with Gasteiger partial charge in [-0.15, -0.1) is 0 Å². The third kappa shape index (κ3) is 9.11. The fourth-order valence-corrected chi connectivity index (χ4v) is 0.499. The van der Waals surface area contributed by atoms with Gasteiger partial charge in [0.1, 0.15) is 0 Å². The van der Waals surface area contributed by atoms with Crippen LogP contribution in [0.25, 0.3) is 0 Å². The SMILES string of the molecule is CCC(=O)ON(OC(=O)CC)OC(=O)CC.[NaH]. The van der Waals surface area contributed by atoms with Crippen LogP contribution in [0.2, 0.25) is 0 Å². The molecule has 0 fully saturated rings. The van der Waals surface area contributed by atoms with E-state index in [0.717, 1.165) is 0 Å². The Hall–Kier alpha value is -0.630. The molecule has 0 amide bonds. The number of hydrogen-bond donors (Lipinski definition) is 0. The maximum atomic E-state index is 10.9. The fourth-order valence-electron chi connectivity index (χ4n) is 0.499. The van der Waals surface area contributed by atoms with Crippen LogP contribution in [-0.4, -0.2) is 52.9 Å². The summed E-state index contributed by atoms with van der Waals surface area (Å²) in [4.78, 5) is 46.1. The molecule has 0 atom stereocenters. The topological polar surface area (TPSA) is 82.1 Å². The van der Waals surface area contributed by atoms with E-state index in [9.17, 15) is 14.4 Å². The van der Waals surface area contributed by atoms with Gasteiger partial charge in [-0.2, -0.15) is 0 Å². The van der Waals surface area contributed by atoms with E-state index in [1.54, 1.807) is 20.8 Å². The summed E-state index contributed by atoms with van der Waals surface area (Å²) >= 11 is 0. The molecule has 0 aliphatic heterocycles. The van der Waals surface area contributed by atoms with Crippen molar-refractivity contribution < 1.29 is 28.9 Å². The molecular formula is C9H16NNaO6. The molecule has 0 aromatic rings. The Labute approximate surface area is 122 Å². The van der Waals surface area contributed by atoms with E-state index in [1.807, 2.05) is 0 Å². The molecule has 0 saturated heterocycles. The first kappa shape index (κ1) is 18.7. The van der Waals surface area contributed by atoms with E-state index in [2.05, 4.69) is 14.5 Å². The van der Waals surface area contributed by atoms with Crippen molar-refractivity contribution >= 4 is 47.5 Å². The van der Waals surface area contributed by atoms with Gasteiger partial charge in [-0.25, -0.2) is 0 Å². The van der Waals surface area contributed by atoms with Gasteiger partial charge in [0.25, 0.3) is 0 Å². The summed E-state index contributed by atoms with van der Waals surface area (Å²) in [6, 6.07) is 0. The molecular weight excluding hydrogens is 241 g/mol. The van der Waals surface area contributed by atoms with Crippen molar-refractivity contribution in [1.82, 2.24) is 5.39 Å². The first-order chi connectivity index (χ1) is 7.53. The molecule has 17 heavy (non-hydrogen) atoms. The quantitative estimate of drug-likeness (QED) is 0.498. The fraction of sp³-hybridized carbons (Fsp3) is 0.667. The van der Waals surface area contributed by atoms with Gasteiger partial charge in [0.05, 0.1) is 0 Å². The second-order valence-electron chi connectivity index (χ2n) is 2.67. The van der Waals surface area contributed by atoms with Crippen molar-refractivity contribution in [3.63, 3.8) is 0 Å². The van der Waals surface area contributed by atoms with Crippen LogP contribution in [0.5, 0.6) is 0 Å². The maximum absolute atomic E-state index is 10.9. The molecule has 0 rings (SSSR count). The summed E-state index contributed by atoms with van der Waals surface area (Å²) in [5.41, 5.74) is 0. The second kappa shape index (κ2) is 10.5. The Kier molecular flexibility index (Phi) is 11.6. The average molecular weight is 257 g/mol. The zero-order valence-corrected chi connectivity index (χ0v) is 9.52. The molecule has 0 heterocycles. The van der Waals surface area contributed by atoms with Gasteiger partial charge in [0.2, 0.25) is 5.39 Å². The molecule has 94 valence electrons. The van der Waals surface area contributed by atoms with Crippen molar-refractivity contribution in [3.8, 4) is 0 Å². The minimum atomic E-state index is -0.687. The van der Waals surface area contributed by atoms with Gasteiger partial charge in [-0.1, -0.05) is 20.8 Å². The number of hydrogen-bond acceptors (Lipinski definition) is 7. The van der Waals surface area contributed by atoms with Crippen LogP contribution < -0.4 is 0 Å². The molecule has 0 N–H and O–H groups in total. The molecule has 0 radical (unpaired) electrons. The summed E-state index contributed by atoms with van der Waals surface area (Å²) in [5, 5.41) is 0.142. The van der Waals surface area contributed by atoms with Crippen molar-refractivity contribution in [2.24, 2.45) is 0 Å². The van der Waals surface area contributed by atoms with Gasteiger partial charge >= 0.3 is 47.5 Å². The van der Waals surface area contributed by atoms with Gasteiger partial charge < -0.3 is 14.5 Å². The normalized spacial score (nSPS) is 9.18. The zero-order valence-electron chi connectivity index (χ0n) is 9.52. The summed E-state index contributed by atoms with van der Waals surface area (Å²) < 4.78 is 0. The molecule has 0 aliphatic carbocycles. The third-order valence-corrected chi connectivity index (χ3v) is 1.40. The van der Waals surface area contributed by atoms with Crippen LogP contribution in [0.4, 0.5) is 0 Å². The van der Waals surface area contributed by atoms with Crippen molar-refractivity contribution in [2.45, 2.75) is 40.0 Å². The van der Waals surface area contributed by atoms with Crippen LogP contribution >= 0.6 is 0 Å². The Morgan fingerprint density at radius 2 is 1.00 bits per heavy atom. The van der Waals surface area contributed by atoms with E-state index < -0.39 is 17.9 Å². The summed E-state index contributed by atoms with van der Waals surface area (Å²) in [6.45, 7) is 4.64. The Morgan fingerprint density at radius 1 is 0.765 bits per heavy atom. The number of carbonyl (C=O) groups excluding carboxylic acids is 3. The zero-order chi connectivity index (χ0) is 12.6. The van der Waals surface area contributed by atoms with Crippen molar-refractivity contribution in [2.75, 3.05) is 0 Å². The van der Waals surface area contributed by atoms with E-state index >= 15 is 0 Å². The van der Waals surface area contributed by atoms with E-state index in [-0.39, 0.29) is 54.2 Å². The average Bonchev–Trinajstić information content (AvgIpc) is 2.28. The molecule has 0 aliphatic rings. The first-order valence-corrected chi connectivity index (χ1v) is 4.95. The molecule has 0 aromatic heterocycles. The standard InChI is InChI=1S/C9H15NO6.Na.H/c1-4-7(11)14-10(15-8(12)5-2)16-9(13)6-3;;/h4-6H2,1-3H3;;. The Morgan fingerprint density at radius 3 is 1.18 bits per heavy atom. The number of nitrogens with zero attached hydrogens (tertiary/aromatic N) is 1. The Balaban J connectivity index is 0. The molecule has 8 heteroatoms. The first-order valence-electron chi connectivity index (χ1n) is 4.95. The van der Waals surface area contributed by atoms with Crippen LogP contribution in [0.15, 0.2) is 0 Å².